The highest BCUT2D eigenvalue weighted by atomic mass is 19.1. The van der Waals surface area contributed by atoms with Gasteiger partial charge in [-0.2, -0.15) is 0 Å². The van der Waals surface area contributed by atoms with Gasteiger partial charge in [0.15, 0.2) is 0 Å². The first-order valence-electron chi connectivity index (χ1n) is 6.40. The second kappa shape index (κ2) is 6.82. The van der Waals surface area contributed by atoms with Gasteiger partial charge in [-0.3, -0.25) is 4.79 Å². The molecule has 2 rings (SSSR count). The van der Waals surface area contributed by atoms with Crippen LogP contribution in [0.5, 0.6) is 0 Å². The van der Waals surface area contributed by atoms with E-state index in [0.717, 1.165) is 5.56 Å². The van der Waals surface area contributed by atoms with Crippen LogP contribution in [0.2, 0.25) is 0 Å². The van der Waals surface area contributed by atoms with Crippen LogP contribution in [-0.4, -0.2) is 23.7 Å². The summed E-state index contributed by atoms with van der Waals surface area (Å²) in [5.41, 5.74) is 1.41. The SMILES string of the molecule is O=C(N[C@@H](CO)Cc1ccccc1)c1ccc(F)cc1. The topological polar surface area (TPSA) is 49.3 Å². The number of hydrogen-bond donors (Lipinski definition) is 2. The van der Waals surface area contributed by atoms with Crippen molar-refractivity contribution in [3.8, 4) is 0 Å². The lowest BCUT2D eigenvalue weighted by Crippen LogP contribution is -2.39. The molecule has 2 N–H and O–H groups in total. The molecule has 0 radical (unpaired) electrons. The van der Waals surface area contributed by atoms with E-state index in [0.29, 0.717) is 12.0 Å². The molecule has 0 aliphatic rings. The molecule has 0 spiro atoms. The van der Waals surface area contributed by atoms with Crippen molar-refractivity contribution in [3.63, 3.8) is 0 Å². The first-order chi connectivity index (χ1) is 9.69. The molecule has 0 aromatic heterocycles. The molecule has 2 aromatic rings. The number of carbonyl (C=O) groups excluding carboxylic acids is 1. The minimum absolute atomic E-state index is 0.151. The minimum atomic E-state index is -0.385. The summed E-state index contributed by atoms with van der Waals surface area (Å²) in [6, 6.07) is 14.5. The van der Waals surface area contributed by atoms with Gasteiger partial charge in [-0.15, -0.1) is 0 Å². The Kier molecular flexibility index (Phi) is 4.85. The number of carbonyl (C=O) groups is 1. The quantitative estimate of drug-likeness (QED) is 0.877. The number of nitrogens with one attached hydrogen (secondary N) is 1. The van der Waals surface area contributed by atoms with E-state index in [1.807, 2.05) is 30.3 Å². The van der Waals surface area contributed by atoms with Crippen LogP contribution in [0.15, 0.2) is 54.6 Å². The molecule has 0 aliphatic carbocycles. The Bertz CT molecular complexity index is 554. The molecular formula is C16H16FNO2. The highest BCUT2D eigenvalue weighted by Crippen LogP contribution is 2.06. The van der Waals surface area contributed by atoms with Crippen LogP contribution >= 0.6 is 0 Å². The Morgan fingerprint density at radius 1 is 1.10 bits per heavy atom. The van der Waals surface area contributed by atoms with Gasteiger partial charge in [0.2, 0.25) is 0 Å². The summed E-state index contributed by atoms with van der Waals surface area (Å²) in [5, 5.41) is 12.1. The molecule has 0 heterocycles. The number of halogens is 1. The number of rotatable bonds is 5. The van der Waals surface area contributed by atoms with Gasteiger partial charge in [-0.05, 0) is 36.2 Å². The monoisotopic (exact) mass is 273 g/mol. The summed E-state index contributed by atoms with van der Waals surface area (Å²) < 4.78 is 12.8. The molecule has 0 saturated heterocycles. The molecule has 2 aromatic carbocycles. The molecular weight excluding hydrogens is 257 g/mol. The highest BCUT2D eigenvalue weighted by molar-refractivity contribution is 5.94. The Hall–Kier alpha value is -2.20. The van der Waals surface area contributed by atoms with Gasteiger partial charge in [-0.1, -0.05) is 30.3 Å². The van der Waals surface area contributed by atoms with E-state index in [2.05, 4.69) is 5.32 Å². The maximum atomic E-state index is 12.8. The van der Waals surface area contributed by atoms with E-state index in [1.165, 1.54) is 24.3 Å². The van der Waals surface area contributed by atoms with Gasteiger partial charge in [0, 0.05) is 5.56 Å². The van der Waals surface area contributed by atoms with Crippen molar-refractivity contribution >= 4 is 5.91 Å². The van der Waals surface area contributed by atoms with Gasteiger partial charge in [-0.25, -0.2) is 4.39 Å². The first-order valence-corrected chi connectivity index (χ1v) is 6.40. The smallest absolute Gasteiger partial charge is 0.251 e. The van der Waals surface area contributed by atoms with E-state index in [9.17, 15) is 14.3 Å². The maximum absolute atomic E-state index is 12.8. The standard InChI is InChI=1S/C16H16FNO2/c17-14-8-6-13(7-9-14)16(20)18-15(11-19)10-12-4-2-1-3-5-12/h1-9,15,19H,10-11H2,(H,18,20)/t15-/m1/s1. The zero-order valence-corrected chi connectivity index (χ0v) is 10.9. The number of benzene rings is 2. The van der Waals surface area contributed by atoms with Crippen LogP contribution in [0, 0.1) is 5.82 Å². The minimum Gasteiger partial charge on any atom is -0.394 e. The van der Waals surface area contributed by atoms with Crippen molar-refractivity contribution < 1.29 is 14.3 Å². The van der Waals surface area contributed by atoms with Crippen LogP contribution in [0.1, 0.15) is 15.9 Å². The van der Waals surface area contributed by atoms with Crippen molar-refractivity contribution in [3.05, 3.63) is 71.5 Å². The average molecular weight is 273 g/mol. The molecule has 0 aliphatic heterocycles. The lowest BCUT2D eigenvalue weighted by atomic mass is 10.1. The lowest BCUT2D eigenvalue weighted by Gasteiger charge is -2.16. The molecule has 1 amide bonds. The second-order valence-corrected chi connectivity index (χ2v) is 4.55. The summed E-state index contributed by atoms with van der Waals surface area (Å²) >= 11 is 0. The van der Waals surface area contributed by atoms with Crippen molar-refractivity contribution in [2.45, 2.75) is 12.5 Å². The molecule has 20 heavy (non-hydrogen) atoms. The fourth-order valence-corrected chi connectivity index (χ4v) is 1.93. The summed E-state index contributed by atoms with van der Waals surface area (Å²) in [6.07, 6.45) is 0.546. The first kappa shape index (κ1) is 14.2. The molecule has 0 fully saturated rings. The molecule has 0 saturated carbocycles. The summed E-state index contributed by atoms with van der Waals surface area (Å²) in [5.74, 6) is -0.704. The molecule has 0 unspecified atom stereocenters. The summed E-state index contributed by atoms with van der Waals surface area (Å²) in [6.45, 7) is -0.151. The van der Waals surface area contributed by atoms with Gasteiger partial charge in [0.05, 0.1) is 12.6 Å². The Balaban J connectivity index is 1.99. The predicted octanol–water partition coefficient (Wildman–Crippen LogP) is 2.16. The zero-order valence-electron chi connectivity index (χ0n) is 10.9. The van der Waals surface area contributed by atoms with Gasteiger partial charge in [0.25, 0.3) is 5.91 Å². The number of amides is 1. The van der Waals surface area contributed by atoms with Crippen molar-refractivity contribution in [1.82, 2.24) is 5.32 Å². The third-order valence-electron chi connectivity index (χ3n) is 2.99. The van der Waals surface area contributed by atoms with Gasteiger partial charge >= 0.3 is 0 Å². The lowest BCUT2D eigenvalue weighted by molar-refractivity contribution is 0.0916. The van der Waals surface area contributed by atoms with Crippen LogP contribution in [0.4, 0.5) is 4.39 Å². The Labute approximate surface area is 117 Å². The third kappa shape index (κ3) is 3.90. The molecule has 3 nitrogen and oxygen atoms in total. The Morgan fingerprint density at radius 2 is 1.75 bits per heavy atom. The second-order valence-electron chi connectivity index (χ2n) is 4.55. The van der Waals surface area contributed by atoms with Crippen LogP contribution < -0.4 is 5.32 Å². The third-order valence-corrected chi connectivity index (χ3v) is 2.99. The van der Waals surface area contributed by atoms with Crippen LogP contribution in [0.3, 0.4) is 0 Å². The number of hydrogen-bond acceptors (Lipinski definition) is 2. The Morgan fingerprint density at radius 3 is 2.35 bits per heavy atom. The van der Waals surface area contributed by atoms with Crippen molar-refractivity contribution in [1.29, 1.82) is 0 Å². The molecule has 4 heteroatoms. The van der Waals surface area contributed by atoms with E-state index in [4.69, 9.17) is 0 Å². The largest absolute Gasteiger partial charge is 0.394 e. The van der Waals surface area contributed by atoms with Crippen molar-refractivity contribution in [2.75, 3.05) is 6.61 Å². The van der Waals surface area contributed by atoms with E-state index in [1.54, 1.807) is 0 Å². The summed E-state index contributed by atoms with van der Waals surface area (Å²) in [4.78, 5) is 12.0. The number of aliphatic hydroxyl groups is 1. The predicted molar refractivity (Wildman–Crippen MR) is 74.9 cm³/mol. The van der Waals surface area contributed by atoms with Gasteiger partial charge in [0.1, 0.15) is 5.82 Å². The highest BCUT2D eigenvalue weighted by Gasteiger charge is 2.13. The fraction of sp³-hybridized carbons (Fsp3) is 0.188. The van der Waals surface area contributed by atoms with Crippen LogP contribution in [-0.2, 0) is 6.42 Å². The van der Waals surface area contributed by atoms with E-state index < -0.39 is 0 Å². The maximum Gasteiger partial charge on any atom is 0.251 e. The van der Waals surface area contributed by atoms with E-state index in [-0.39, 0.29) is 24.4 Å². The van der Waals surface area contributed by atoms with Crippen LogP contribution in [0.25, 0.3) is 0 Å². The van der Waals surface area contributed by atoms with Gasteiger partial charge < -0.3 is 10.4 Å². The summed E-state index contributed by atoms with van der Waals surface area (Å²) in [7, 11) is 0. The normalized spacial score (nSPS) is 11.9. The molecule has 104 valence electrons. The average Bonchev–Trinajstić information content (AvgIpc) is 2.48. The fourth-order valence-electron chi connectivity index (χ4n) is 1.93. The van der Waals surface area contributed by atoms with Crippen molar-refractivity contribution in [2.24, 2.45) is 0 Å². The molecule has 0 bridgehead atoms. The molecule has 1 atom stereocenters. The zero-order chi connectivity index (χ0) is 14.4. The number of aliphatic hydroxyl groups excluding tert-OH is 1. The van der Waals surface area contributed by atoms with E-state index >= 15 is 0 Å².